The first-order chi connectivity index (χ1) is 9.21. The summed E-state index contributed by atoms with van der Waals surface area (Å²) in [4.78, 5) is 6.66. The van der Waals surface area contributed by atoms with Gasteiger partial charge in [-0.25, -0.2) is 4.98 Å². The minimum Gasteiger partial charge on any atom is -0.389 e. The van der Waals surface area contributed by atoms with Crippen molar-refractivity contribution >= 4 is 11.5 Å². The van der Waals surface area contributed by atoms with E-state index >= 15 is 0 Å². The maximum absolute atomic E-state index is 10.7. The van der Waals surface area contributed by atoms with E-state index in [1.165, 1.54) is 18.5 Å². The Morgan fingerprint density at radius 1 is 1.42 bits per heavy atom. The molecule has 4 heteroatoms. The highest BCUT2D eigenvalue weighted by Gasteiger charge is 2.42. The molecule has 1 aromatic rings. The molecule has 2 heterocycles. The molecule has 19 heavy (non-hydrogen) atoms. The number of anilines is 2. The van der Waals surface area contributed by atoms with Crippen LogP contribution in [0.3, 0.4) is 0 Å². The molecule has 1 aliphatic heterocycles. The fourth-order valence-corrected chi connectivity index (χ4v) is 3.56. The lowest BCUT2D eigenvalue weighted by Crippen LogP contribution is -2.53. The average Bonchev–Trinajstić information content (AvgIpc) is 2.46. The molecule has 0 amide bonds. The number of pyridine rings is 1. The standard InChI is InChI=1S/C15H23N3O/c1-16-14-10-13(5-8-17-14)18-9-7-15(19)6-3-2-4-12(15)11-18/h5,8,10,12,19H,2-4,6-7,9,11H2,1H3,(H,16,17). The number of hydrogen-bond acceptors (Lipinski definition) is 4. The number of hydrogen-bond donors (Lipinski definition) is 2. The van der Waals surface area contributed by atoms with Crippen molar-refractivity contribution < 1.29 is 5.11 Å². The van der Waals surface area contributed by atoms with Crippen LogP contribution in [0.25, 0.3) is 0 Å². The molecule has 2 N–H and O–H groups in total. The number of piperidine rings is 1. The highest BCUT2D eigenvalue weighted by Crippen LogP contribution is 2.40. The van der Waals surface area contributed by atoms with Gasteiger partial charge in [-0.15, -0.1) is 0 Å². The predicted molar refractivity (Wildman–Crippen MR) is 77.5 cm³/mol. The van der Waals surface area contributed by atoms with Crippen molar-refractivity contribution in [1.82, 2.24) is 4.98 Å². The number of rotatable bonds is 2. The second-order valence-corrected chi connectivity index (χ2v) is 5.89. The molecule has 2 unspecified atom stereocenters. The quantitative estimate of drug-likeness (QED) is 0.857. The van der Waals surface area contributed by atoms with Gasteiger partial charge in [0.15, 0.2) is 0 Å². The summed E-state index contributed by atoms with van der Waals surface area (Å²) in [7, 11) is 1.89. The summed E-state index contributed by atoms with van der Waals surface area (Å²) in [5.41, 5.74) is 0.820. The molecular weight excluding hydrogens is 238 g/mol. The predicted octanol–water partition coefficient (Wildman–Crippen LogP) is 2.25. The first-order valence-corrected chi connectivity index (χ1v) is 7.32. The lowest BCUT2D eigenvalue weighted by Gasteiger charge is -2.48. The molecule has 1 aliphatic carbocycles. The van der Waals surface area contributed by atoms with Gasteiger partial charge in [-0.2, -0.15) is 0 Å². The van der Waals surface area contributed by atoms with Crippen LogP contribution in [-0.4, -0.2) is 35.8 Å². The molecule has 1 aromatic heterocycles. The number of aliphatic hydroxyl groups is 1. The van der Waals surface area contributed by atoms with Crippen LogP contribution in [0.1, 0.15) is 32.1 Å². The topological polar surface area (TPSA) is 48.4 Å². The average molecular weight is 261 g/mol. The Balaban J connectivity index is 1.76. The van der Waals surface area contributed by atoms with Gasteiger partial charge in [0, 0.05) is 44.0 Å². The maximum atomic E-state index is 10.7. The molecule has 1 saturated heterocycles. The highest BCUT2D eigenvalue weighted by atomic mass is 16.3. The second kappa shape index (κ2) is 5.00. The Kier molecular flexibility index (Phi) is 3.35. The summed E-state index contributed by atoms with van der Waals surface area (Å²) in [5.74, 6) is 1.34. The van der Waals surface area contributed by atoms with E-state index in [-0.39, 0.29) is 0 Å². The molecule has 2 fully saturated rings. The number of aromatic nitrogens is 1. The summed E-state index contributed by atoms with van der Waals surface area (Å²) >= 11 is 0. The van der Waals surface area contributed by atoms with Crippen LogP contribution in [0, 0.1) is 5.92 Å². The van der Waals surface area contributed by atoms with Crippen molar-refractivity contribution in [2.75, 3.05) is 30.4 Å². The fraction of sp³-hybridized carbons (Fsp3) is 0.667. The summed E-state index contributed by atoms with van der Waals surface area (Å²) in [6.07, 6.45) is 7.35. The third-order valence-electron chi connectivity index (χ3n) is 4.79. The summed E-state index contributed by atoms with van der Waals surface area (Å²) < 4.78 is 0. The van der Waals surface area contributed by atoms with Gasteiger partial charge in [0.1, 0.15) is 5.82 Å². The maximum Gasteiger partial charge on any atom is 0.127 e. The molecular formula is C15H23N3O. The SMILES string of the molecule is CNc1cc(N2CCC3(O)CCCCC3C2)ccn1. The van der Waals surface area contributed by atoms with E-state index in [0.29, 0.717) is 5.92 Å². The minimum atomic E-state index is -0.395. The van der Waals surface area contributed by atoms with Crippen LogP contribution < -0.4 is 10.2 Å². The first kappa shape index (κ1) is 12.7. The zero-order valence-electron chi connectivity index (χ0n) is 11.6. The van der Waals surface area contributed by atoms with Crippen LogP contribution in [0.15, 0.2) is 18.3 Å². The molecule has 1 saturated carbocycles. The lowest BCUT2D eigenvalue weighted by atomic mass is 9.71. The van der Waals surface area contributed by atoms with E-state index in [1.54, 1.807) is 0 Å². The van der Waals surface area contributed by atoms with Gasteiger partial charge in [-0.1, -0.05) is 12.8 Å². The smallest absolute Gasteiger partial charge is 0.127 e. The third kappa shape index (κ3) is 2.41. The summed E-state index contributed by atoms with van der Waals surface area (Å²) in [6.45, 7) is 1.92. The number of nitrogens with zero attached hydrogens (tertiary/aromatic N) is 2. The molecule has 2 atom stereocenters. The van der Waals surface area contributed by atoms with Crippen LogP contribution in [0.4, 0.5) is 11.5 Å². The monoisotopic (exact) mass is 261 g/mol. The van der Waals surface area contributed by atoms with Crippen molar-refractivity contribution in [2.24, 2.45) is 5.92 Å². The van der Waals surface area contributed by atoms with E-state index < -0.39 is 5.60 Å². The van der Waals surface area contributed by atoms with Gasteiger partial charge in [0.2, 0.25) is 0 Å². The molecule has 0 spiro atoms. The Morgan fingerprint density at radius 2 is 2.32 bits per heavy atom. The summed E-state index contributed by atoms with van der Waals surface area (Å²) in [6, 6.07) is 4.15. The molecule has 0 aromatic carbocycles. The van der Waals surface area contributed by atoms with Crippen LogP contribution >= 0.6 is 0 Å². The molecule has 3 rings (SSSR count). The van der Waals surface area contributed by atoms with Gasteiger partial charge in [-0.05, 0) is 25.3 Å². The number of fused-ring (bicyclic) bond motifs is 1. The fourth-order valence-electron chi connectivity index (χ4n) is 3.56. The molecule has 104 valence electrons. The molecule has 2 aliphatic rings. The van der Waals surface area contributed by atoms with Gasteiger partial charge in [-0.3, -0.25) is 0 Å². The van der Waals surface area contributed by atoms with Crippen LogP contribution in [0.2, 0.25) is 0 Å². The van der Waals surface area contributed by atoms with E-state index in [1.807, 2.05) is 13.2 Å². The summed E-state index contributed by atoms with van der Waals surface area (Å²) in [5, 5.41) is 13.8. The van der Waals surface area contributed by atoms with E-state index in [9.17, 15) is 5.11 Å². The second-order valence-electron chi connectivity index (χ2n) is 5.89. The van der Waals surface area contributed by atoms with E-state index in [0.717, 1.165) is 38.2 Å². The largest absolute Gasteiger partial charge is 0.389 e. The van der Waals surface area contributed by atoms with Crippen molar-refractivity contribution in [3.63, 3.8) is 0 Å². The minimum absolute atomic E-state index is 0.395. The van der Waals surface area contributed by atoms with Gasteiger partial charge in [0.25, 0.3) is 0 Å². The molecule has 4 nitrogen and oxygen atoms in total. The third-order valence-corrected chi connectivity index (χ3v) is 4.79. The van der Waals surface area contributed by atoms with E-state index in [4.69, 9.17) is 0 Å². The first-order valence-electron chi connectivity index (χ1n) is 7.32. The number of nitrogens with one attached hydrogen (secondary N) is 1. The zero-order chi connectivity index (χ0) is 13.3. The highest BCUT2D eigenvalue weighted by molar-refractivity contribution is 5.54. The lowest BCUT2D eigenvalue weighted by molar-refractivity contribution is -0.0612. The Hall–Kier alpha value is -1.29. The molecule has 0 bridgehead atoms. The van der Waals surface area contributed by atoms with Crippen molar-refractivity contribution in [1.29, 1.82) is 0 Å². The van der Waals surface area contributed by atoms with E-state index in [2.05, 4.69) is 27.3 Å². The normalized spacial score (nSPS) is 30.8. The molecule has 0 radical (unpaired) electrons. The van der Waals surface area contributed by atoms with Gasteiger partial charge < -0.3 is 15.3 Å². The van der Waals surface area contributed by atoms with Gasteiger partial charge >= 0.3 is 0 Å². The Bertz CT molecular complexity index is 451. The van der Waals surface area contributed by atoms with Gasteiger partial charge in [0.05, 0.1) is 5.60 Å². The Morgan fingerprint density at radius 3 is 3.16 bits per heavy atom. The van der Waals surface area contributed by atoms with Crippen LogP contribution in [0.5, 0.6) is 0 Å². The Labute approximate surface area is 114 Å². The van der Waals surface area contributed by atoms with Crippen molar-refractivity contribution in [3.05, 3.63) is 18.3 Å². The van der Waals surface area contributed by atoms with Crippen LogP contribution in [-0.2, 0) is 0 Å². The van der Waals surface area contributed by atoms with Crippen molar-refractivity contribution in [3.8, 4) is 0 Å². The van der Waals surface area contributed by atoms with Crippen molar-refractivity contribution in [2.45, 2.75) is 37.7 Å². The zero-order valence-corrected chi connectivity index (χ0v) is 11.6.